The molecule has 2 rings (SSSR count). The van der Waals surface area contributed by atoms with Gasteiger partial charge in [-0.1, -0.05) is 25.5 Å². The number of hydrogen-bond donors (Lipinski definition) is 1. The van der Waals surface area contributed by atoms with Crippen LogP contribution in [0.3, 0.4) is 0 Å². The van der Waals surface area contributed by atoms with Crippen LogP contribution in [0.15, 0.2) is 24.3 Å². The van der Waals surface area contributed by atoms with Gasteiger partial charge >= 0.3 is 0 Å². The normalized spacial score (nSPS) is 15.2. The Morgan fingerprint density at radius 1 is 1.25 bits per heavy atom. The largest absolute Gasteiger partial charge is 0.484 e. The van der Waals surface area contributed by atoms with E-state index in [4.69, 9.17) is 4.74 Å². The van der Waals surface area contributed by atoms with Crippen LogP contribution < -0.4 is 10.1 Å². The molecule has 1 heterocycles. The Kier molecular flexibility index (Phi) is 5.87. The monoisotopic (exact) mass is 276 g/mol. The average molecular weight is 276 g/mol. The first-order valence-electron chi connectivity index (χ1n) is 7.50. The van der Waals surface area contributed by atoms with Crippen LogP contribution in [0.4, 0.5) is 0 Å². The maximum absolute atomic E-state index is 12.0. The predicted octanol–water partition coefficient (Wildman–Crippen LogP) is 1.84. The van der Waals surface area contributed by atoms with Gasteiger partial charge in [0.2, 0.25) is 0 Å². The molecule has 1 amide bonds. The van der Waals surface area contributed by atoms with Gasteiger partial charge in [0, 0.05) is 26.2 Å². The lowest BCUT2D eigenvalue weighted by Gasteiger charge is -2.27. The number of carbonyl (C=O) groups excluding carboxylic acids is 1. The van der Waals surface area contributed by atoms with Gasteiger partial charge in [0.1, 0.15) is 5.75 Å². The number of unbranched alkanes of at least 4 members (excludes halogenated alkanes) is 1. The molecule has 4 heteroatoms. The molecule has 0 spiro atoms. The van der Waals surface area contributed by atoms with E-state index in [9.17, 15) is 4.79 Å². The van der Waals surface area contributed by atoms with Gasteiger partial charge in [-0.2, -0.15) is 0 Å². The summed E-state index contributed by atoms with van der Waals surface area (Å²) in [7, 11) is 0. The second-order valence-electron chi connectivity index (χ2n) is 5.17. The summed E-state index contributed by atoms with van der Waals surface area (Å²) in [4.78, 5) is 13.8. The van der Waals surface area contributed by atoms with Crippen LogP contribution in [-0.4, -0.2) is 43.6 Å². The molecule has 1 saturated heterocycles. The second-order valence-corrected chi connectivity index (χ2v) is 5.17. The number of hydrogen-bond acceptors (Lipinski definition) is 3. The molecule has 110 valence electrons. The smallest absolute Gasteiger partial charge is 0.260 e. The van der Waals surface area contributed by atoms with Crippen molar-refractivity contribution in [3.05, 3.63) is 29.8 Å². The van der Waals surface area contributed by atoms with Crippen LogP contribution in [0, 0.1) is 0 Å². The van der Waals surface area contributed by atoms with Crippen LogP contribution in [0.25, 0.3) is 0 Å². The van der Waals surface area contributed by atoms with Crippen molar-refractivity contribution >= 4 is 5.91 Å². The number of ether oxygens (including phenoxy) is 1. The first-order chi connectivity index (χ1) is 9.79. The molecule has 0 unspecified atom stereocenters. The zero-order chi connectivity index (χ0) is 14.2. The third-order valence-corrected chi connectivity index (χ3v) is 3.57. The minimum atomic E-state index is 0.0709. The maximum atomic E-state index is 12.0. The van der Waals surface area contributed by atoms with Gasteiger partial charge in [-0.3, -0.25) is 4.79 Å². The molecule has 4 nitrogen and oxygen atoms in total. The lowest BCUT2D eigenvalue weighted by Crippen LogP contribution is -2.47. The van der Waals surface area contributed by atoms with E-state index >= 15 is 0 Å². The molecular weight excluding hydrogens is 252 g/mol. The molecule has 0 aliphatic carbocycles. The molecule has 1 aliphatic rings. The molecule has 0 atom stereocenters. The molecule has 0 radical (unpaired) electrons. The second kappa shape index (κ2) is 7.90. The molecule has 0 aromatic heterocycles. The van der Waals surface area contributed by atoms with Crippen molar-refractivity contribution < 1.29 is 9.53 Å². The highest BCUT2D eigenvalue weighted by atomic mass is 16.5. The average Bonchev–Trinajstić information content (AvgIpc) is 2.52. The minimum absolute atomic E-state index is 0.0709. The van der Waals surface area contributed by atoms with E-state index in [-0.39, 0.29) is 12.5 Å². The van der Waals surface area contributed by atoms with Crippen molar-refractivity contribution in [2.45, 2.75) is 26.2 Å². The Bertz CT molecular complexity index is 411. The van der Waals surface area contributed by atoms with Crippen molar-refractivity contribution in [1.29, 1.82) is 0 Å². The maximum Gasteiger partial charge on any atom is 0.260 e. The number of rotatable bonds is 6. The van der Waals surface area contributed by atoms with E-state index in [2.05, 4.69) is 24.4 Å². The Balaban J connectivity index is 1.76. The molecule has 1 aliphatic heterocycles. The standard InChI is InChI=1S/C16H24N2O2/c1-2-3-4-14-5-7-15(8-6-14)20-13-16(19)18-11-9-17-10-12-18/h5-8,17H,2-4,9-13H2,1H3. The Morgan fingerprint density at radius 3 is 2.60 bits per heavy atom. The quantitative estimate of drug-likeness (QED) is 0.862. The molecule has 1 aromatic rings. The van der Waals surface area contributed by atoms with Gasteiger partial charge in [-0.15, -0.1) is 0 Å². The fourth-order valence-electron chi connectivity index (χ4n) is 2.28. The van der Waals surface area contributed by atoms with Crippen LogP contribution in [0.5, 0.6) is 5.75 Å². The highest BCUT2D eigenvalue weighted by Gasteiger charge is 2.16. The third-order valence-electron chi connectivity index (χ3n) is 3.57. The third kappa shape index (κ3) is 4.53. The highest BCUT2D eigenvalue weighted by molar-refractivity contribution is 5.77. The van der Waals surface area contributed by atoms with Crippen LogP contribution in [0.2, 0.25) is 0 Å². The minimum Gasteiger partial charge on any atom is -0.484 e. The summed E-state index contributed by atoms with van der Waals surface area (Å²) in [6.07, 6.45) is 3.52. The van der Waals surface area contributed by atoms with Crippen LogP contribution in [-0.2, 0) is 11.2 Å². The van der Waals surface area contributed by atoms with Gasteiger partial charge in [-0.05, 0) is 30.5 Å². The lowest BCUT2D eigenvalue weighted by atomic mass is 10.1. The fraction of sp³-hybridized carbons (Fsp3) is 0.562. The first kappa shape index (κ1) is 14.9. The molecule has 0 bridgehead atoms. The Hall–Kier alpha value is -1.55. The summed E-state index contributed by atoms with van der Waals surface area (Å²) in [6, 6.07) is 8.08. The molecular formula is C16H24N2O2. The summed E-state index contributed by atoms with van der Waals surface area (Å²) in [5.41, 5.74) is 1.33. The van der Waals surface area contributed by atoms with E-state index in [0.29, 0.717) is 0 Å². The van der Waals surface area contributed by atoms with Crippen molar-refractivity contribution in [1.82, 2.24) is 10.2 Å². The molecule has 0 saturated carbocycles. The highest BCUT2D eigenvalue weighted by Crippen LogP contribution is 2.14. The molecule has 20 heavy (non-hydrogen) atoms. The van der Waals surface area contributed by atoms with Gasteiger partial charge < -0.3 is 15.0 Å². The fourth-order valence-corrected chi connectivity index (χ4v) is 2.28. The topological polar surface area (TPSA) is 41.6 Å². The SMILES string of the molecule is CCCCc1ccc(OCC(=O)N2CCNCC2)cc1. The predicted molar refractivity (Wildman–Crippen MR) is 80.0 cm³/mol. The Morgan fingerprint density at radius 2 is 1.95 bits per heavy atom. The van der Waals surface area contributed by atoms with Gasteiger partial charge in [0.05, 0.1) is 0 Å². The summed E-state index contributed by atoms with van der Waals surface area (Å²) >= 11 is 0. The summed E-state index contributed by atoms with van der Waals surface area (Å²) in [5.74, 6) is 0.843. The Labute approximate surface area is 121 Å². The van der Waals surface area contributed by atoms with E-state index in [1.54, 1.807) is 0 Å². The molecule has 1 aromatic carbocycles. The van der Waals surface area contributed by atoms with Crippen LogP contribution in [0.1, 0.15) is 25.3 Å². The molecule has 1 N–H and O–H groups in total. The van der Waals surface area contributed by atoms with Crippen molar-refractivity contribution in [3.63, 3.8) is 0 Å². The van der Waals surface area contributed by atoms with Crippen molar-refractivity contribution in [3.8, 4) is 5.75 Å². The lowest BCUT2D eigenvalue weighted by molar-refractivity contribution is -0.133. The van der Waals surface area contributed by atoms with Gasteiger partial charge in [0.15, 0.2) is 6.61 Å². The van der Waals surface area contributed by atoms with E-state index < -0.39 is 0 Å². The summed E-state index contributed by atoms with van der Waals surface area (Å²) in [5, 5.41) is 3.23. The van der Waals surface area contributed by atoms with E-state index in [0.717, 1.165) is 38.3 Å². The number of piperazine rings is 1. The summed E-state index contributed by atoms with van der Waals surface area (Å²) < 4.78 is 5.57. The first-order valence-corrected chi connectivity index (χ1v) is 7.50. The number of benzene rings is 1. The van der Waals surface area contributed by atoms with Crippen LogP contribution >= 0.6 is 0 Å². The molecule has 1 fully saturated rings. The number of aryl methyl sites for hydroxylation is 1. The zero-order valence-corrected chi connectivity index (χ0v) is 12.2. The van der Waals surface area contributed by atoms with Crippen molar-refractivity contribution in [2.24, 2.45) is 0 Å². The van der Waals surface area contributed by atoms with E-state index in [1.165, 1.54) is 18.4 Å². The van der Waals surface area contributed by atoms with Crippen molar-refractivity contribution in [2.75, 3.05) is 32.8 Å². The number of carbonyl (C=O) groups is 1. The number of amides is 1. The zero-order valence-electron chi connectivity index (χ0n) is 12.2. The number of nitrogens with one attached hydrogen (secondary N) is 1. The number of nitrogens with zero attached hydrogens (tertiary/aromatic N) is 1. The van der Waals surface area contributed by atoms with Gasteiger partial charge in [-0.25, -0.2) is 0 Å². The summed E-state index contributed by atoms with van der Waals surface area (Å²) in [6.45, 7) is 5.62. The van der Waals surface area contributed by atoms with Gasteiger partial charge in [0.25, 0.3) is 5.91 Å². The van der Waals surface area contributed by atoms with E-state index in [1.807, 2.05) is 17.0 Å².